The molecule has 1 heterocycles. The van der Waals surface area contributed by atoms with Crippen molar-refractivity contribution >= 4 is 17.7 Å². The normalized spacial score (nSPS) is 12.6. The van der Waals surface area contributed by atoms with Crippen molar-refractivity contribution in [3.05, 3.63) is 77.0 Å². The summed E-state index contributed by atoms with van der Waals surface area (Å²) in [5.41, 5.74) is 7.06. The second-order valence-electron chi connectivity index (χ2n) is 7.15. The van der Waals surface area contributed by atoms with Crippen molar-refractivity contribution in [2.24, 2.45) is 0 Å². The van der Waals surface area contributed by atoms with Gasteiger partial charge in [-0.1, -0.05) is 47.7 Å². The first-order valence-electron chi connectivity index (χ1n) is 9.56. The van der Waals surface area contributed by atoms with Crippen LogP contribution in [0.1, 0.15) is 28.8 Å². The summed E-state index contributed by atoms with van der Waals surface area (Å²) in [6.45, 7) is 2.11. The third-order valence-electron chi connectivity index (χ3n) is 5.05. The molecule has 4 rings (SSSR count). The number of benzene rings is 2. The van der Waals surface area contributed by atoms with Crippen LogP contribution in [-0.4, -0.2) is 18.1 Å². The molecule has 0 fully saturated rings. The maximum Gasteiger partial charge on any atom is 0.309 e. The maximum atomic E-state index is 11.4. The van der Waals surface area contributed by atoms with Crippen molar-refractivity contribution in [3.8, 4) is 11.3 Å². The molecule has 3 nitrogen and oxygen atoms in total. The van der Waals surface area contributed by atoms with E-state index in [1.54, 1.807) is 11.8 Å². The van der Waals surface area contributed by atoms with Gasteiger partial charge in [0.2, 0.25) is 0 Å². The van der Waals surface area contributed by atoms with Crippen LogP contribution in [-0.2, 0) is 28.8 Å². The number of ether oxygens (including phenoxy) is 1. The fraction of sp³-hybridized carbons (Fsp3) is 0.250. The molecule has 0 N–H and O–H groups in total. The molecule has 142 valence electrons. The van der Waals surface area contributed by atoms with Gasteiger partial charge in [-0.15, -0.1) is 0 Å². The molecule has 0 saturated heterocycles. The Morgan fingerprint density at radius 3 is 2.68 bits per heavy atom. The minimum atomic E-state index is -0.213. The monoisotopic (exact) mass is 389 g/mol. The molecule has 0 bridgehead atoms. The molecule has 28 heavy (non-hydrogen) atoms. The van der Waals surface area contributed by atoms with E-state index in [4.69, 9.17) is 9.72 Å². The zero-order valence-corrected chi connectivity index (χ0v) is 17.0. The van der Waals surface area contributed by atoms with E-state index >= 15 is 0 Å². The number of esters is 1. The lowest BCUT2D eigenvalue weighted by atomic mass is 10.1. The van der Waals surface area contributed by atoms with E-state index < -0.39 is 0 Å². The number of fused-ring (bicyclic) bond motifs is 1. The van der Waals surface area contributed by atoms with E-state index in [9.17, 15) is 4.79 Å². The summed E-state index contributed by atoms with van der Waals surface area (Å²) in [4.78, 5) is 18.9. The summed E-state index contributed by atoms with van der Waals surface area (Å²) in [5.74, 6) is -0.213. The predicted molar refractivity (Wildman–Crippen MR) is 113 cm³/mol. The van der Waals surface area contributed by atoms with Crippen LogP contribution >= 0.6 is 11.8 Å². The Hall–Kier alpha value is -2.59. The molecule has 2 aromatic carbocycles. The van der Waals surface area contributed by atoms with Crippen molar-refractivity contribution in [1.82, 2.24) is 4.98 Å². The van der Waals surface area contributed by atoms with Crippen molar-refractivity contribution in [1.29, 1.82) is 0 Å². The minimum Gasteiger partial charge on any atom is -0.469 e. The summed E-state index contributed by atoms with van der Waals surface area (Å²) in [6, 6.07) is 18.9. The number of carbonyl (C=O) groups excluding carboxylic acids is 1. The standard InChI is InChI=1S/C24H23NO2S/c1-16-5-3-6-18(13-16)22-15-23(20-7-4-8-21(20)25-22)28-19-11-9-17(10-12-19)14-24(26)27-2/h3,5-6,9-13,15H,4,7-8,14H2,1-2H3. The van der Waals surface area contributed by atoms with Gasteiger partial charge in [-0.3, -0.25) is 9.78 Å². The lowest BCUT2D eigenvalue weighted by Crippen LogP contribution is -2.04. The number of carbonyl (C=O) groups is 1. The van der Waals surface area contributed by atoms with Crippen LogP contribution in [0.25, 0.3) is 11.3 Å². The Kier molecular flexibility index (Phi) is 5.49. The van der Waals surface area contributed by atoms with Crippen LogP contribution in [0.5, 0.6) is 0 Å². The van der Waals surface area contributed by atoms with Crippen LogP contribution in [0.3, 0.4) is 0 Å². The molecule has 1 aliphatic rings. The van der Waals surface area contributed by atoms with Gasteiger partial charge in [0, 0.05) is 21.0 Å². The van der Waals surface area contributed by atoms with Gasteiger partial charge < -0.3 is 4.74 Å². The molecular formula is C24H23NO2S. The lowest BCUT2D eigenvalue weighted by Gasteiger charge is -2.12. The summed E-state index contributed by atoms with van der Waals surface area (Å²) in [6.07, 6.45) is 3.63. The average molecular weight is 390 g/mol. The van der Waals surface area contributed by atoms with Gasteiger partial charge in [-0.2, -0.15) is 0 Å². The first kappa shape index (κ1) is 18.8. The highest BCUT2D eigenvalue weighted by molar-refractivity contribution is 7.99. The third-order valence-corrected chi connectivity index (χ3v) is 6.14. The van der Waals surface area contributed by atoms with E-state index in [2.05, 4.69) is 49.4 Å². The van der Waals surface area contributed by atoms with Crippen LogP contribution in [0.15, 0.2) is 64.4 Å². The molecule has 0 amide bonds. The molecule has 1 aromatic heterocycles. The van der Waals surface area contributed by atoms with Gasteiger partial charge >= 0.3 is 5.97 Å². The summed E-state index contributed by atoms with van der Waals surface area (Å²) >= 11 is 1.78. The molecule has 0 radical (unpaired) electrons. The molecule has 0 atom stereocenters. The smallest absolute Gasteiger partial charge is 0.309 e. The Morgan fingerprint density at radius 2 is 1.93 bits per heavy atom. The molecule has 0 spiro atoms. The van der Waals surface area contributed by atoms with Crippen LogP contribution < -0.4 is 0 Å². The highest BCUT2D eigenvalue weighted by atomic mass is 32.2. The molecule has 1 aliphatic carbocycles. The fourth-order valence-corrected chi connectivity index (χ4v) is 4.63. The third kappa shape index (κ3) is 4.12. The predicted octanol–water partition coefficient (Wildman–Crippen LogP) is 5.41. The average Bonchev–Trinajstić information content (AvgIpc) is 3.18. The van der Waals surface area contributed by atoms with E-state index in [1.165, 1.54) is 45.7 Å². The number of hydrogen-bond acceptors (Lipinski definition) is 4. The summed E-state index contributed by atoms with van der Waals surface area (Å²) in [7, 11) is 1.42. The van der Waals surface area contributed by atoms with E-state index in [0.717, 1.165) is 24.1 Å². The number of rotatable bonds is 5. The second-order valence-corrected chi connectivity index (χ2v) is 8.27. The molecule has 0 aliphatic heterocycles. The minimum absolute atomic E-state index is 0.213. The zero-order chi connectivity index (χ0) is 19.5. The molecule has 4 heteroatoms. The number of aryl methyl sites for hydroxylation is 2. The quantitative estimate of drug-likeness (QED) is 0.547. The molecule has 0 saturated carbocycles. The second kappa shape index (κ2) is 8.19. The fourth-order valence-electron chi connectivity index (χ4n) is 3.59. The maximum absolute atomic E-state index is 11.4. The van der Waals surface area contributed by atoms with Gasteiger partial charge in [0.1, 0.15) is 0 Å². The largest absolute Gasteiger partial charge is 0.469 e. The van der Waals surface area contributed by atoms with Gasteiger partial charge in [0.25, 0.3) is 0 Å². The van der Waals surface area contributed by atoms with Crippen LogP contribution in [0.4, 0.5) is 0 Å². The SMILES string of the molecule is COC(=O)Cc1ccc(Sc2cc(-c3cccc(C)c3)nc3c2CCC3)cc1. The van der Waals surface area contributed by atoms with Gasteiger partial charge in [0.05, 0.1) is 19.2 Å². The number of aromatic nitrogens is 1. The topological polar surface area (TPSA) is 39.2 Å². The van der Waals surface area contributed by atoms with Crippen molar-refractivity contribution in [2.75, 3.05) is 7.11 Å². The number of methoxy groups -OCH3 is 1. The highest BCUT2D eigenvalue weighted by Gasteiger charge is 2.19. The number of nitrogens with zero attached hydrogens (tertiary/aromatic N) is 1. The summed E-state index contributed by atoms with van der Waals surface area (Å²) in [5, 5.41) is 0. The first-order valence-corrected chi connectivity index (χ1v) is 10.4. The van der Waals surface area contributed by atoms with Crippen LogP contribution in [0.2, 0.25) is 0 Å². The van der Waals surface area contributed by atoms with Crippen molar-refractivity contribution in [2.45, 2.75) is 42.4 Å². The Bertz CT molecular complexity index is 1010. The van der Waals surface area contributed by atoms with E-state index in [0.29, 0.717) is 6.42 Å². The van der Waals surface area contributed by atoms with Gasteiger partial charge in [-0.05, 0) is 61.6 Å². The van der Waals surface area contributed by atoms with Gasteiger partial charge in [-0.25, -0.2) is 0 Å². The first-order chi connectivity index (χ1) is 13.6. The van der Waals surface area contributed by atoms with Crippen LogP contribution in [0, 0.1) is 6.92 Å². The Labute approximate surface area is 170 Å². The lowest BCUT2D eigenvalue weighted by molar-refractivity contribution is -0.139. The molecule has 3 aromatic rings. The zero-order valence-electron chi connectivity index (χ0n) is 16.2. The summed E-state index contributed by atoms with van der Waals surface area (Å²) < 4.78 is 4.74. The number of hydrogen-bond donors (Lipinski definition) is 0. The highest BCUT2D eigenvalue weighted by Crippen LogP contribution is 2.38. The molecule has 0 unspecified atom stereocenters. The molecular weight excluding hydrogens is 366 g/mol. The van der Waals surface area contributed by atoms with Crippen molar-refractivity contribution < 1.29 is 9.53 Å². The van der Waals surface area contributed by atoms with E-state index in [-0.39, 0.29) is 5.97 Å². The Morgan fingerprint density at radius 1 is 1.11 bits per heavy atom. The Balaban J connectivity index is 1.63. The van der Waals surface area contributed by atoms with E-state index in [1.807, 2.05) is 12.1 Å². The van der Waals surface area contributed by atoms with Gasteiger partial charge in [0.15, 0.2) is 0 Å². The van der Waals surface area contributed by atoms with Crippen molar-refractivity contribution in [3.63, 3.8) is 0 Å². The number of pyridine rings is 1.